The summed E-state index contributed by atoms with van der Waals surface area (Å²) in [5.41, 5.74) is 14.6. The molecule has 3 heterocycles. The van der Waals surface area contributed by atoms with E-state index in [1.807, 2.05) is 36.5 Å². The van der Waals surface area contributed by atoms with Crippen LogP contribution in [0.5, 0.6) is 0 Å². The van der Waals surface area contributed by atoms with Crippen molar-refractivity contribution in [2.75, 3.05) is 4.90 Å². The van der Waals surface area contributed by atoms with E-state index in [4.69, 9.17) is 14.4 Å². The van der Waals surface area contributed by atoms with Gasteiger partial charge in [-0.15, -0.1) is 0 Å². The van der Waals surface area contributed by atoms with Gasteiger partial charge in [0.1, 0.15) is 5.52 Å². The Bertz CT molecular complexity index is 3050. The predicted octanol–water partition coefficient (Wildman–Crippen LogP) is 14.9. The van der Waals surface area contributed by atoms with Gasteiger partial charge in [-0.3, -0.25) is 4.98 Å². The topological polar surface area (TPSA) is 47.1 Å². The van der Waals surface area contributed by atoms with Crippen LogP contribution in [-0.4, -0.2) is 14.5 Å². The van der Waals surface area contributed by atoms with Crippen molar-refractivity contribution in [3.8, 4) is 28.3 Å². The number of nitrogens with zero attached hydrogens (tertiary/aromatic N) is 4. The summed E-state index contributed by atoms with van der Waals surface area (Å²) in [6.07, 6.45) is 1.81. The van der Waals surface area contributed by atoms with Crippen molar-refractivity contribution in [1.82, 2.24) is 14.5 Å². The standard InChI is InChI=1S/C54H46N4O/c1-53(2,3)37-22-28-47-44(32-37)45-33-38(54(4,5)6)23-29-48(45)58(47)41-24-19-35(20-25-41)43-27-26-42(57(39-15-9-7-10-16-39)40-17-11-8-12-18-40)34-46(43)52-56-51-49(59-52)30-21-36-14-13-31-55-50(36)51/h7-34H,1-6H3. The van der Waals surface area contributed by atoms with E-state index in [0.29, 0.717) is 11.5 Å². The number of hydrogen-bond acceptors (Lipinski definition) is 4. The maximum atomic E-state index is 6.64. The van der Waals surface area contributed by atoms with E-state index in [2.05, 4.69) is 184 Å². The molecule has 59 heavy (non-hydrogen) atoms. The molecule has 0 bridgehead atoms. The summed E-state index contributed by atoms with van der Waals surface area (Å²) in [4.78, 5) is 12.1. The molecule has 288 valence electrons. The van der Waals surface area contributed by atoms with E-state index < -0.39 is 0 Å². The molecule has 10 aromatic rings. The zero-order valence-electron chi connectivity index (χ0n) is 34.4. The van der Waals surface area contributed by atoms with Gasteiger partial charge in [0, 0.05) is 50.7 Å². The lowest BCUT2D eigenvalue weighted by Crippen LogP contribution is -2.10. The lowest BCUT2D eigenvalue weighted by atomic mass is 9.85. The first-order chi connectivity index (χ1) is 28.5. The maximum Gasteiger partial charge on any atom is 0.228 e. The van der Waals surface area contributed by atoms with Crippen LogP contribution in [0.2, 0.25) is 0 Å². The highest BCUT2D eigenvalue weighted by atomic mass is 16.3. The molecule has 7 aromatic carbocycles. The van der Waals surface area contributed by atoms with Gasteiger partial charge in [-0.25, -0.2) is 4.98 Å². The van der Waals surface area contributed by atoms with Gasteiger partial charge in [-0.1, -0.05) is 114 Å². The molecule has 0 radical (unpaired) electrons. The zero-order chi connectivity index (χ0) is 40.5. The minimum absolute atomic E-state index is 0.0384. The van der Waals surface area contributed by atoms with Crippen molar-refractivity contribution in [3.05, 3.63) is 181 Å². The third kappa shape index (κ3) is 6.44. The van der Waals surface area contributed by atoms with E-state index >= 15 is 0 Å². The van der Waals surface area contributed by atoms with Gasteiger partial charge in [0.2, 0.25) is 5.89 Å². The van der Waals surface area contributed by atoms with Crippen molar-refractivity contribution in [2.45, 2.75) is 52.4 Å². The molecule has 0 spiro atoms. The van der Waals surface area contributed by atoms with Gasteiger partial charge in [0.15, 0.2) is 5.58 Å². The Balaban J connectivity index is 1.15. The Labute approximate surface area is 345 Å². The Morgan fingerprint density at radius 1 is 0.508 bits per heavy atom. The van der Waals surface area contributed by atoms with Crippen molar-refractivity contribution in [3.63, 3.8) is 0 Å². The van der Waals surface area contributed by atoms with Crippen LogP contribution in [0.3, 0.4) is 0 Å². The number of pyridine rings is 1. The van der Waals surface area contributed by atoms with Gasteiger partial charge in [-0.05, 0) is 124 Å². The number of benzene rings is 7. The molecule has 0 saturated carbocycles. The van der Waals surface area contributed by atoms with Gasteiger partial charge < -0.3 is 13.9 Å². The molecule has 0 aliphatic heterocycles. The average molecular weight is 767 g/mol. The summed E-state index contributed by atoms with van der Waals surface area (Å²) in [7, 11) is 0. The summed E-state index contributed by atoms with van der Waals surface area (Å²) in [6, 6.07) is 58.5. The summed E-state index contributed by atoms with van der Waals surface area (Å²) < 4.78 is 9.05. The number of fused-ring (bicyclic) bond motifs is 6. The molecule has 0 fully saturated rings. The fraction of sp³-hybridized carbons (Fsp3) is 0.148. The van der Waals surface area contributed by atoms with E-state index in [1.165, 1.54) is 32.9 Å². The van der Waals surface area contributed by atoms with Crippen LogP contribution in [0.4, 0.5) is 17.1 Å². The smallest absolute Gasteiger partial charge is 0.228 e. The second-order valence-corrected chi connectivity index (χ2v) is 17.6. The molecule has 10 rings (SSSR count). The number of oxazole rings is 1. The van der Waals surface area contributed by atoms with Crippen LogP contribution in [0.25, 0.3) is 72.1 Å². The van der Waals surface area contributed by atoms with Gasteiger partial charge in [-0.2, -0.15) is 0 Å². The molecule has 5 nitrogen and oxygen atoms in total. The zero-order valence-corrected chi connectivity index (χ0v) is 34.4. The molecule has 0 aliphatic rings. The summed E-state index contributed by atoms with van der Waals surface area (Å²) >= 11 is 0. The molecule has 0 unspecified atom stereocenters. The molecule has 0 amide bonds. The first-order valence-corrected chi connectivity index (χ1v) is 20.4. The van der Waals surface area contributed by atoms with Crippen molar-refractivity contribution in [2.24, 2.45) is 0 Å². The fourth-order valence-electron chi connectivity index (χ4n) is 8.37. The molecule has 0 saturated heterocycles. The molecular formula is C54H46N4O. The first-order valence-electron chi connectivity index (χ1n) is 20.4. The second kappa shape index (κ2) is 13.8. The number of rotatable bonds is 6. The van der Waals surface area contributed by atoms with Crippen LogP contribution in [-0.2, 0) is 10.8 Å². The quantitative estimate of drug-likeness (QED) is 0.169. The third-order valence-electron chi connectivity index (χ3n) is 11.6. The van der Waals surface area contributed by atoms with Crippen LogP contribution in [0, 0.1) is 0 Å². The lowest BCUT2D eigenvalue weighted by Gasteiger charge is -2.26. The van der Waals surface area contributed by atoms with Crippen molar-refractivity contribution < 1.29 is 4.42 Å². The predicted molar refractivity (Wildman–Crippen MR) is 247 cm³/mol. The molecule has 0 N–H and O–H groups in total. The van der Waals surface area contributed by atoms with E-state index in [9.17, 15) is 0 Å². The number of hydrogen-bond donors (Lipinski definition) is 0. The molecule has 3 aromatic heterocycles. The molecule has 0 atom stereocenters. The van der Waals surface area contributed by atoms with Gasteiger partial charge in [0.25, 0.3) is 0 Å². The minimum Gasteiger partial charge on any atom is -0.436 e. The average Bonchev–Trinajstić information content (AvgIpc) is 3.84. The normalized spacial score (nSPS) is 12.2. The lowest BCUT2D eigenvalue weighted by molar-refractivity contribution is 0.590. The van der Waals surface area contributed by atoms with Crippen LogP contribution in [0.1, 0.15) is 52.7 Å². The second-order valence-electron chi connectivity index (χ2n) is 17.6. The highest BCUT2D eigenvalue weighted by molar-refractivity contribution is 6.10. The van der Waals surface area contributed by atoms with Gasteiger partial charge in [0.05, 0.1) is 16.6 Å². The minimum atomic E-state index is 0.0384. The Morgan fingerprint density at radius 3 is 1.71 bits per heavy atom. The largest absolute Gasteiger partial charge is 0.436 e. The van der Waals surface area contributed by atoms with Crippen LogP contribution in [0.15, 0.2) is 174 Å². The fourth-order valence-corrected chi connectivity index (χ4v) is 8.37. The summed E-state index contributed by atoms with van der Waals surface area (Å²) in [6.45, 7) is 13.7. The van der Waals surface area contributed by atoms with Crippen molar-refractivity contribution >= 4 is 60.9 Å². The molecular weight excluding hydrogens is 721 g/mol. The van der Waals surface area contributed by atoms with Crippen molar-refractivity contribution in [1.29, 1.82) is 0 Å². The highest BCUT2D eigenvalue weighted by Gasteiger charge is 2.23. The van der Waals surface area contributed by atoms with E-state index in [0.717, 1.165) is 55.9 Å². The Hall–Kier alpha value is -6.98. The SMILES string of the molecule is CC(C)(C)c1ccc2c(c1)c1cc(C(C)(C)C)ccc1n2-c1ccc(-c2ccc(N(c3ccccc3)c3ccccc3)cc2-c2nc3c(ccc4cccnc43)o2)cc1. The summed E-state index contributed by atoms with van der Waals surface area (Å²) in [5.74, 6) is 0.548. The Kier molecular flexibility index (Phi) is 8.53. The van der Waals surface area contributed by atoms with Gasteiger partial charge >= 0.3 is 0 Å². The molecule has 0 aliphatic carbocycles. The van der Waals surface area contributed by atoms with Crippen LogP contribution < -0.4 is 4.90 Å². The Morgan fingerprint density at radius 2 is 1.12 bits per heavy atom. The number of para-hydroxylation sites is 2. The number of aromatic nitrogens is 3. The van der Waals surface area contributed by atoms with Crippen LogP contribution >= 0.6 is 0 Å². The monoisotopic (exact) mass is 766 g/mol. The first kappa shape index (κ1) is 36.4. The number of anilines is 3. The summed E-state index contributed by atoms with van der Waals surface area (Å²) in [5, 5.41) is 3.58. The molecule has 5 heteroatoms. The highest BCUT2D eigenvalue weighted by Crippen LogP contribution is 2.43. The third-order valence-corrected chi connectivity index (χ3v) is 11.6. The van der Waals surface area contributed by atoms with E-state index in [-0.39, 0.29) is 10.8 Å². The maximum absolute atomic E-state index is 6.64. The van der Waals surface area contributed by atoms with E-state index in [1.54, 1.807) is 0 Å².